The molecule has 0 bridgehead atoms. The van der Waals surface area contributed by atoms with Crippen LogP contribution in [0.5, 0.6) is 0 Å². The van der Waals surface area contributed by atoms with Gasteiger partial charge in [0, 0.05) is 11.9 Å². The summed E-state index contributed by atoms with van der Waals surface area (Å²) in [6.07, 6.45) is 1.71. The number of hydrogen-bond donors (Lipinski definition) is 2. The molecule has 1 aromatic heterocycles. The van der Waals surface area contributed by atoms with Gasteiger partial charge in [-0.3, -0.25) is 14.6 Å². The molecule has 0 aliphatic carbocycles. The van der Waals surface area contributed by atoms with Crippen molar-refractivity contribution in [2.45, 2.75) is 13.0 Å². The molecule has 0 aliphatic heterocycles. The third-order valence-electron chi connectivity index (χ3n) is 4.19. The Morgan fingerprint density at radius 1 is 0.931 bits per heavy atom. The van der Waals surface area contributed by atoms with E-state index in [1.54, 1.807) is 6.20 Å². The summed E-state index contributed by atoms with van der Waals surface area (Å²) < 4.78 is 0. The van der Waals surface area contributed by atoms with Crippen molar-refractivity contribution in [3.8, 4) is 0 Å². The maximum absolute atomic E-state index is 12.5. The van der Waals surface area contributed by atoms with Crippen molar-refractivity contribution in [1.82, 2.24) is 10.3 Å². The first-order valence-corrected chi connectivity index (χ1v) is 10.5. The van der Waals surface area contributed by atoms with Crippen LogP contribution in [-0.4, -0.2) is 28.3 Å². The molecule has 2 N–H and O–H groups in total. The third kappa shape index (κ3) is 6.47. The molecule has 148 valence electrons. The molecule has 3 rings (SSSR count). The fourth-order valence-electron chi connectivity index (χ4n) is 2.88. The Morgan fingerprint density at radius 3 is 2.41 bits per heavy atom. The van der Waals surface area contributed by atoms with Crippen LogP contribution in [-0.2, 0) is 9.59 Å². The second-order valence-corrected chi connectivity index (χ2v) is 7.56. The number of pyridine rings is 1. The monoisotopic (exact) mass is 405 g/mol. The van der Waals surface area contributed by atoms with E-state index in [1.165, 1.54) is 11.8 Å². The zero-order valence-electron chi connectivity index (χ0n) is 16.2. The number of benzene rings is 2. The van der Waals surface area contributed by atoms with Crippen LogP contribution in [0, 0.1) is 6.92 Å². The van der Waals surface area contributed by atoms with Gasteiger partial charge < -0.3 is 10.6 Å². The molecule has 2 amide bonds. The van der Waals surface area contributed by atoms with Gasteiger partial charge in [-0.15, -0.1) is 11.8 Å². The summed E-state index contributed by atoms with van der Waals surface area (Å²) in [4.78, 5) is 29.0. The lowest BCUT2D eigenvalue weighted by molar-refractivity contribution is -0.119. The van der Waals surface area contributed by atoms with Crippen molar-refractivity contribution in [2.24, 2.45) is 0 Å². The number of thioether (sulfide) groups is 1. The highest BCUT2D eigenvalue weighted by atomic mass is 32.2. The molecule has 0 radical (unpaired) electrons. The molecule has 5 nitrogen and oxygen atoms in total. The third-order valence-corrected chi connectivity index (χ3v) is 5.12. The number of nitrogens with zero attached hydrogens (tertiary/aromatic N) is 1. The summed E-state index contributed by atoms with van der Waals surface area (Å²) in [6, 6.07) is 22.6. The summed E-state index contributed by atoms with van der Waals surface area (Å²) in [7, 11) is 0. The van der Waals surface area contributed by atoms with Crippen LogP contribution >= 0.6 is 11.8 Å². The number of anilines is 1. The van der Waals surface area contributed by atoms with E-state index in [1.807, 2.05) is 79.7 Å². The Labute approximate surface area is 175 Å². The Hall–Kier alpha value is -3.12. The smallest absolute Gasteiger partial charge is 0.234 e. The molecule has 6 heteroatoms. The van der Waals surface area contributed by atoms with Gasteiger partial charge in [0.25, 0.3) is 0 Å². The Morgan fingerprint density at radius 2 is 1.69 bits per heavy atom. The fraction of sp³-hybridized carbons (Fsp3) is 0.174. The minimum Gasteiger partial charge on any atom is -0.343 e. The number of aryl methyl sites for hydroxylation is 1. The maximum Gasteiger partial charge on any atom is 0.234 e. The van der Waals surface area contributed by atoms with E-state index in [2.05, 4.69) is 15.6 Å². The number of carbonyl (C=O) groups excluding carboxylic acids is 2. The van der Waals surface area contributed by atoms with E-state index >= 15 is 0 Å². The van der Waals surface area contributed by atoms with Gasteiger partial charge in [0.1, 0.15) is 0 Å². The zero-order valence-corrected chi connectivity index (χ0v) is 17.0. The number of rotatable bonds is 8. The molecule has 0 saturated carbocycles. The van der Waals surface area contributed by atoms with Gasteiger partial charge >= 0.3 is 0 Å². The zero-order chi connectivity index (χ0) is 20.5. The molecule has 3 aromatic rings. The topological polar surface area (TPSA) is 71.1 Å². The van der Waals surface area contributed by atoms with E-state index < -0.39 is 0 Å². The van der Waals surface area contributed by atoms with E-state index in [9.17, 15) is 9.59 Å². The quantitative estimate of drug-likeness (QED) is 0.595. The van der Waals surface area contributed by atoms with Crippen LogP contribution in [0.3, 0.4) is 0 Å². The Kier molecular flexibility index (Phi) is 7.41. The first-order valence-electron chi connectivity index (χ1n) is 9.31. The van der Waals surface area contributed by atoms with Crippen LogP contribution < -0.4 is 10.6 Å². The van der Waals surface area contributed by atoms with Gasteiger partial charge in [-0.05, 0) is 42.3 Å². The van der Waals surface area contributed by atoms with E-state index in [0.29, 0.717) is 0 Å². The van der Waals surface area contributed by atoms with E-state index in [-0.39, 0.29) is 29.4 Å². The van der Waals surface area contributed by atoms with Gasteiger partial charge in [0.05, 0.1) is 23.2 Å². The number of aromatic nitrogens is 1. The van der Waals surface area contributed by atoms with Crippen molar-refractivity contribution in [3.05, 3.63) is 95.8 Å². The summed E-state index contributed by atoms with van der Waals surface area (Å²) in [5, 5.41) is 5.87. The molecule has 0 saturated heterocycles. The highest BCUT2D eigenvalue weighted by molar-refractivity contribution is 8.00. The number of amides is 2. The average Bonchev–Trinajstić information content (AvgIpc) is 2.73. The fourth-order valence-corrected chi connectivity index (χ4v) is 3.51. The minimum atomic E-state index is -0.327. The highest BCUT2D eigenvalue weighted by Crippen LogP contribution is 2.20. The second kappa shape index (κ2) is 10.4. The molecular weight excluding hydrogens is 382 g/mol. The highest BCUT2D eigenvalue weighted by Gasteiger charge is 2.18. The van der Waals surface area contributed by atoms with Gasteiger partial charge in [0.15, 0.2) is 0 Å². The summed E-state index contributed by atoms with van der Waals surface area (Å²) in [5.41, 5.74) is 3.58. The SMILES string of the molecule is Cc1cccc(NC(=O)CSCC(=O)NC(c2ccccc2)c2ccccn2)c1. The molecule has 29 heavy (non-hydrogen) atoms. The summed E-state index contributed by atoms with van der Waals surface area (Å²) in [5.74, 6) is 0.133. The molecule has 0 fully saturated rings. The number of carbonyl (C=O) groups is 2. The lowest BCUT2D eigenvalue weighted by Crippen LogP contribution is -2.31. The number of hydrogen-bond acceptors (Lipinski definition) is 4. The lowest BCUT2D eigenvalue weighted by Gasteiger charge is -2.18. The van der Waals surface area contributed by atoms with Crippen molar-refractivity contribution < 1.29 is 9.59 Å². The minimum absolute atomic E-state index is 0.127. The standard InChI is InChI=1S/C23H23N3O2S/c1-17-8-7-11-19(14-17)25-21(27)15-29-16-22(28)26-23(18-9-3-2-4-10-18)20-12-5-6-13-24-20/h2-14,23H,15-16H2,1H3,(H,25,27)(H,26,28). The second-order valence-electron chi connectivity index (χ2n) is 6.58. The van der Waals surface area contributed by atoms with E-state index in [4.69, 9.17) is 0 Å². The predicted molar refractivity (Wildman–Crippen MR) is 118 cm³/mol. The molecular formula is C23H23N3O2S. The molecule has 1 heterocycles. The van der Waals surface area contributed by atoms with Gasteiger partial charge in [-0.1, -0.05) is 48.5 Å². The van der Waals surface area contributed by atoms with Crippen molar-refractivity contribution in [2.75, 3.05) is 16.8 Å². The summed E-state index contributed by atoms with van der Waals surface area (Å²) >= 11 is 1.28. The first kappa shape index (κ1) is 20.6. The average molecular weight is 406 g/mol. The van der Waals surface area contributed by atoms with E-state index in [0.717, 1.165) is 22.5 Å². The Balaban J connectivity index is 1.53. The van der Waals surface area contributed by atoms with Crippen LogP contribution in [0.2, 0.25) is 0 Å². The lowest BCUT2D eigenvalue weighted by atomic mass is 10.0. The normalized spacial score (nSPS) is 11.5. The predicted octanol–water partition coefficient (Wildman–Crippen LogP) is 3.97. The first-order chi connectivity index (χ1) is 14.1. The van der Waals surface area contributed by atoms with Gasteiger partial charge in [-0.25, -0.2) is 0 Å². The number of nitrogens with one attached hydrogen (secondary N) is 2. The maximum atomic E-state index is 12.5. The molecule has 1 atom stereocenters. The van der Waals surface area contributed by atoms with Gasteiger partial charge in [-0.2, -0.15) is 0 Å². The van der Waals surface area contributed by atoms with Crippen molar-refractivity contribution >= 4 is 29.3 Å². The molecule has 2 aromatic carbocycles. The Bertz CT molecular complexity index is 909. The van der Waals surface area contributed by atoms with Crippen LogP contribution in [0.15, 0.2) is 79.0 Å². The largest absolute Gasteiger partial charge is 0.343 e. The van der Waals surface area contributed by atoms with Crippen LogP contribution in [0.1, 0.15) is 22.9 Å². The summed E-state index contributed by atoms with van der Waals surface area (Å²) in [6.45, 7) is 1.97. The van der Waals surface area contributed by atoms with Crippen molar-refractivity contribution in [3.63, 3.8) is 0 Å². The van der Waals surface area contributed by atoms with Crippen LogP contribution in [0.25, 0.3) is 0 Å². The van der Waals surface area contributed by atoms with Crippen molar-refractivity contribution in [1.29, 1.82) is 0 Å². The molecule has 0 spiro atoms. The van der Waals surface area contributed by atoms with Crippen LogP contribution in [0.4, 0.5) is 5.69 Å². The molecule has 1 unspecified atom stereocenters. The molecule has 0 aliphatic rings. The van der Waals surface area contributed by atoms with Gasteiger partial charge in [0.2, 0.25) is 11.8 Å².